The van der Waals surface area contributed by atoms with Gasteiger partial charge in [-0.25, -0.2) is 0 Å². The van der Waals surface area contributed by atoms with E-state index in [1.54, 1.807) is 0 Å². The summed E-state index contributed by atoms with van der Waals surface area (Å²) in [5, 5.41) is 21.2. The fraction of sp³-hybridized carbons (Fsp3) is 0.462. The maximum atomic E-state index is 12.3. The molecule has 1 saturated heterocycles. The quantitative estimate of drug-likeness (QED) is 0.681. The van der Waals surface area contributed by atoms with Gasteiger partial charge in [0.15, 0.2) is 0 Å². The Bertz CT molecular complexity index is 594. The number of carbonyl (C=O) groups excluding carboxylic acids is 1. The number of hydrogen-bond donors (Lipinski definition) is 1. The van der Waals surface area contributed by atoms with Crippen LogP contribution in [0, 0.1) is 16.0 Å². The van der Waals surface area contributed by atoms with E-state index in [-0.39, 0.29) is 35.3 Å². The highest BCUT2D eigenvalue weighted by Crippen LogP contribution is 2.45. The van der Waals surface area contributed by atoms with E-state index >= 15 is 0 Å². The molecule has 3 rings (SSSR count). The molecule has 1 amide bonds. The van der Waals surface area contributed by atoms with Gasteiger partial charge in [-0.3, -0.25) is 14.9 Å². The van der Waals surface area contributed by atoms with Gasteiger partial charge >= 0.3 is 5.69 Å². The third-order valence-corrected chi connectivity index (χ3v) is 4.26. The van der Waals surface area contributed by atoms with Crippen LogP contribution >= 0.6 is 11.6 Å². The molecule has 1 aromatic carbocycles. The Balaban J connectivity index is 1.82. The van der Waals surface area contributed by atoms with Crippen molar-refractivity contribution in [3.63, 3.8) is 0 Å². The van der Waals surface area contributed by atoms with Crippen molar-refractivity contribution in [1.29, 1.82) is 0 Å². The van der Waals surface area contributed by atoms with Gasteiger partial charge in [0.25, 0.3) is 5.91 Å². The van der Waals surface area contributed by atoms with E-state index in [9.17, 15) is 20.0 Å². The van der Waals surface area contributed by atoms with Crippen molar-refractivity contribution in [2.75, 3.05) is 13.1 Å². The first-order valence-corrected chi connectivity index (χ1v) is 6.75. The molecule has 2 aliphatic rings. The summed E-state index contributed by atoms with van der Waals surface area (Å²) >= 11 is 5.79. The van der Waals surface area contributed by atoms with Gasteiger partial charge in [-0.2, -0.15) is 0 Å². The number of para-hydroxylation sites is 1. The van der Waals surface area contributed by atoms with Crippen molar-refractivity contribution in [3.8, 4) is 0 Å². The molecule has 20 heavy (non-hydrogen) atoms. The Hall–Kier alpha value is -1.66. The summed E-state index contributed by atoms with van der Waals surface area (Å²) in [7, 11) is 0. The summed E-state index contributed by atoms with van der Waals surface area (Å²) < 4.78 is 0. The lowest BCUT2D eigenvalue weighted by atomic mass is 9.88. The predicted octanol–water partition coefficient (Wildman–Crippen LogP) is 1.85. The molecule has 0 unspecified atom stereocenters. The first-order valence-electron chi connectivity index (χ1n) is 6.37. The number of hydrogen-bond acceptors (Lipinski definition) is 4. The Morgan fingerprint density at radius 1 is 1.45 bits per heavy atom. The molecular formula is C13H13ClN2O4. The van der Waals surface area contributed by atoms with E-state index in [1.165, 1.54) is 23.1 Å². The molecule has 1 aliphatic carbocycles. The number of likely N-dealkylation sites (tertiary alicyclic amines) is 1. The smallest absolute Gasteiger partial charge is 0.300 e. The first kappa shape index (κ1) is 13.3. The number of nitro benzene ring substituents is 1. The second-order valence-corrected chi connectivity index (χ2v) is 5.84. The second-order valence-electron chi connectivity index (χ2n) is 5.43. The lowest BCUT2D eigenvalue weighted by Gasteiger charge is -2.46. The standard InChI is InChI=1S/C13H13ClN2O4/c14-10-3-1-2-9(11(10)16(19)20)12(17)15-6-13(18,7-15)8-4-5-8/h1-3,8,18H,4-7H2. The molecule has 0 bridgehead atoms. The molecule has 1 saturated carbocycles. The summed E-state index contributed by atoms with van der Waals surface area (Å²) in [5.74, 6) is -0.189. The highest BCUT2D eigenvalue weighted by Gasteiger charge is 2.53. The zero-order valence-corrected chi connectivity index (χ0v) is 11.3. The average molecular weight is 297 g/mol. The van der Waals surface area contributed by atoms with Crippen LogP contribution in [-0.2, 0) is 0 Å². The SMILES string of the molecule is O=C(c1cccc(Cl)c1[N+](=O)[O-])N1CC(O)(C2CC2)C1. The number of β-amino-alcohol motifs (C(OH)–C–C–N with tert-alkyl or cyclic N) is 1. The van der Waals surface area contributed by atoms with Crippen LogP contribution in [0.5, 0.6) is 0 Å². The minimum atomic E-state index is -0.803. The van der Waals surface area contributed by atoms with Crippen molar-refractivity contribution in [1.82, 2.24) is 4.90 Å². The van der Waals surface area contributed by atoms with Gasteiger partial charge < -0.3 is 10.0 Å². The Labute approximate surface area is 120 Å². The summed E-state index contributed by atoms with van der Waals surface area (Å²) in [6, 6.07) is 4.28. The lowest BCUT2D eigenvalue weighted by molar-refractivity contribution is -0.385. The van der Waals surface area contributed by atoms with Crippen molar-refractivity contribution in [2.24, 2.45) is 5.92 Å². The highest BCUT2D eigenvalue weighted by atomic mass is 35.5. The maximum absolute atomic E-state index is 12.3. The molecule has 6 nitrogen and oxygen atoms in total. The van der Waals surface area contributed by atoms with Crippen molar-refractivity contribution < 1.29 is 14.8 Å². The van der Waals surface area contributed by atoms with E-state index in [2.05, 4.69) is 0 Å². The van der Waals surface area contributed by atoms with Gasteiger partial charge in [-0.05, 0) is 30.9 Å². The fourth-order valence-corrected chi connectivity index (χ4v) is 2.92. The average Bonchev–Trinajstić information content (AvgIpc) is 3.17. The molecular weight excluding hydrogens is 284 g/mol. The van der Waals surface area contributed by atoms with E-state index in [0.29, 0.717) is 0 Å². The topological polar surface area (TPSA) is 83.7 Å². The third-order valence-electron chi connectivity index (χ3n) is 3.95. The van der Waals surface area contributed by atoms with Gasteiger partial charge in [-0.1, -0.05) is 17.7 Å². The molecule has 1 aliphatic heterocycles. The summed E-state index contributed by atoms with van der Waals surface area (Å²) in [4.78, 5) is 24.1. The van der Waals surface area contributed by atoms with Crippen molar-refractivity contribution in [2.45, 2.75) is 18.4 Å². The van der Waals surface area contributed by atoms with Crippen LogP contribution < -0.4 is 0 Å². The number of benzene rings is 1. The number of carbonyl (C=O) groups is 1. The van der Waals surface area contributed by atoms with Crippen molar-refractivity contribution in [3.05, 3.63) is 38.9 Å². The number of amides is 1. The van der Waals surface area contributed by atoms with Crippen LogP contribution in [0.25, 0.3) is 0 Å². The largest absolute Gasteiger partial charge is 0.386 e. The summed E-state index contributed by atoms with van der Waals surface area (Å²) in [6.45, 7) is 0.473. The first-order chi connectivity index (χ1) is 9.42. The molecule has 0 aromatic heterocycles. The molecule has 1 heterocycles. The monoisotopic (exact) mass is 296 g/mol. The highest BCUT2D eigenvalue weighted by molar-refractivity contribution is 6.33. The van der Waals surface area contributed by atoms with Crippen LogP contribution in [-0.4, -0.2) is 39.5 Å². The number of nitrogens with zero attached hydrogens (tertiary/aromatic N) is 2. The Kier molecular flexibility index (Phi) is 2.95. The van der Waals surface area contributed by atoms with Crippen LogP contribution in [0.3, 0.4) is 0 Å². The van der Waals surface area contributed by atoms with Gasteiger partial charge in [-0.15, -0.1) is 0 Å². The Morgan fingerprint density at radius 2 is 2.10 bits per heavy atom. The summed E-state index contributed by atoms with van der Waals surface area (Å²) in [5.41, 5.74) is -1.20. The maximum Gasteiger partial charge on any atom is 0.300 e. The van der Waals surface area contributed by atoms with Gasteiger partial charge in [0.1, 0.15) is 16.2 Å². The minimum Gasteiger partial charge on any atom is -0.386 e. The van der Waals surface area contributed by atoms with E-state index < -0.39 is 16.4 Å². The molecule has 7 heteroatoms. The molecule has 0 radical (unpaired) electrons. The van der Waals surface area contributed by atoms with Crippen LogP contribution in [0.15, 0.2) is 18.2 Å². The van der Waals surface area contributed by atoms with Crippen LogP contribution in [0.4, 0.5) is 5.69 Å². The molecule has 106 valence electrons. The van der Waals surface area contributed by atoms with Crippen molar-refractivity contribution >= 4 is 23.2 Å². The van der Waals surface area contributed by atoms with E-state index in [1.807, 2.05) is 0 Å². The number of rotatable bonds is 3. The van der Waals surface area contributed by atoms with E-state index in [4.69, 9.17) is 11.6 Å². The molecule has 2 fully saturated rings. The number of halogens is 1. The minimum absolute atomic E-state index is 0.0275. The zero-order chi connectivity index (χ0) is 14.5. The van der Waals surface area contributed by atoms with Crippen LogP contribution in [0.2, 0.25) is 5.02 Å². The molecule has 0 atom stereocenters. The number of aliphatic hydroxyl groups is 1. The van der Waals surface area contributed by atoms with Gasteiger partial charge in [0.2, 0.25) is 0 Å². The summed E-state index contributed by atoms with van der Waals surface area (Å²) in [6.07, 6.45) is 1.96. The van der Waals surface area contributed by atoms with E-state index in [0.717, 1.165) is 12.8 Å². The Morgan fingerprint density at radius 3 is 2.65 bits per heavy atom. The van der Waals surface area contributed by atoms with Gasteiger partial charge in [0.05, 0.1) is 18.0 Å². The number of nitro groups is 1. The predicted molar refractivity (Wildman–Crippen MR) is 71.7 cm³/mol. The second kappa shape index (κ2) is 4.43. The lowest BCUT2D eigenvalue weighted by Crippen LogP contribution is -2.64. The normalized spacial score (nSPS) is 20.4. The zero-order valence-electron chi connectivity index (χ0n) is 10.6. The van der Waals surface area contributed by atoms with Crippen LogP contribution in [0.1, 0.15) is 23.2 Å². The molecule has 0 spiro atoms. The molecule has 1 aromatic rings. The van der Waals surface area contributed by atoms with Gasteiger partial charge in [0, 0.05) is 0 Å². The molecule has 1 N–H and O–H groups in total. The third kappa shape index (κ3) is 2.05. The fourth-order valence-electron chi connectivity index (χ4n) is 2.68.